The van der Waals surface area contributed by atoms with Crippen LogP contribution in [0.15, 0.2) is 0 Å². The molecule has 0 aliphatic carbocycles. The van der Waals surface area contributed by atoms with Gasteiger partial charge in [0.25, 0.3) is 0 Å². The molecule has 1 aliphatic rings. The maximum atomic E-state index is 12.3. The van der Waals surface area contributed by atoms with Crippen LogP contribution in [-0.4, -0.2) is 37.0 Å². The molecule has 2 nitrogen and oxygen atoms in total. The van der Waals surface area contributed by atoms with E-state index in [9.17, 15) is 18.0 Å². The number of aldehydes is 1. The lowest BCUT2D eigenvalue weighted by Gasteiger charge is -2.33. The molecule has 0 aromatic heterocycles. The maximum Gasteiger partial charge on any atom is 0.393 e. The van der Waals surface area contributed by atoms with Gasteiger partial charge in [0.1, 0.15) is 6.29 Å². The van der Waals surface area contributed by atoms with Gasteiger partial charge in [0.05, 0.1) is 5.92 Å². The van der Waals surface area contributed by atoms with E-state index in [4.69, 9.17) is 0 Å². The largest absolute Gasteiger partial charge is 0.393 e. The van der Waals surface area contributed by atoms with E-state index in [2.05, 4.69) is 0 Å². The van der Waals surface area contributed by atoms with Crippen molar-refractivity contribution >= 4 is 6.29 Å². The van der Waals surface area contributed by atoms with Gasteiger partial charge in [-0.15, -0.1) is 0 Å². The van der Waals surface area contributed by atoms with Crippen molar-refractivity contribution in [1.29, 1.82) is 0 Å². The van der Waals surface area contributed by atoms with Crippen molar-refractivity contribution in [3.05, 3.63) is 0 Å². The van der Waals surface area contributed by atoms with Crippen LogP contribution in [-0.2, 0) is 4.79 Å². The van der Waals surface area contributed by atoms with Gasteiger partial charge in [0, 0.05) is 19.5 Å². The molecule has 82 valence electrons. The van der Waals surface area contributed by atoms with Crippen LogP contribution in [0.1, 0.15) is 19.3 Å². The SMILES string of the molecule is O=CCCN1CCCC(C(F)(F)F)C1. The lowest BCUT2D eigenvalue weighted by molar-refractivity contribution is -0.186. The van der Waals surface area contributed by atoms with Crippen molar-refractivity contribution in [2.45, 2.75) is 25.4 Å². The van der Waals surface area contributed by atoms with E-state index in [1.807, 2.05) is 0 Å². The molecule has 0 spiro atoms. The normalized spacial score (nSPS) is 24.9. The van der Waals surface area contributed by atoms with Crippen LogP contribution in [0, 0.1) is 5.92 Å². The monoisotopic (exact) mass is 209 g/mol. The van der Waals surface area contributed by atoms with Gasteiger partial charge >= 0.3 is 6.18 Å². The number of hydrogen-bond acceptors (Lipinski definition) is 2. The first-order chi connectivity index (χ1) is 6.54. The first-order valence-electron chi connectivity index (χ1n) is 4.76. The molecule has 1 unspecified atom stereocenters. The van der Waals surface area contributed by atoms with Crippen LogP contribution in [0.2, 0.25) is 0 Å². The summed E-state index contributed by atoms with van der Waals surface area (Å²) >= 11 is 0. The molecule has 5 heteroatoms. The third kappa shape index (κ3) is 3.29. The van der Waals surface area contributed by atoms with E-state index in [-0.39, 0.29) is 13.0 Å². The fraction of sp³-hybridized carbons (Fsp3) is 0.889. The maximum absolute atomic E-state index is 12.3. The number of alkyl halides is 3. The van der Waals surface area contributed by atoms with Crippen molar-refractivity contribution in [2.24, 2.45) is 5.92 Å². The Labute approximate surface area is 81.1 Å². The van der Waals surface area contributed by atoms with E-state index < -0.39 is 12.1 Å². The quantitative estimate of drug-likeness (QED) is 0.661. The third-order valence-electron chi connectivity index (χ3n) is 2.53. The minimum Gasteiger partial charge on any atom is -0.303 e. The molecule has 0 aromatic carbocycles. The van der Waals surface area contributed by atoms with Gasteiger partial charge in [-0.05, 0) is 19.4 Å². The molecule has 1 saturated heterocycles. The molecule has 1 fully saturated rings. The highest BCUT2D eigenvalue weighted by Gasteiger charge is 2.41. The summed E-state index contributed by atoms with van der Waals surface area (Å²) in [5, 5.41) is 0. The van der Waals surface area contributed by atoms with Gasteiger partial charge < -0.3 is 9.69 Å². The number of hydrogen-bond donors (Lipinski definition) is 0. The summed E-state index contributed by atoms with van der Waals surface area (Å²) in [4.78, 5) is 11.8. The summed E-state index contributed by atoms with van der Waals surface area (Å²) in [6.07, 6.45) is -2.22. The second-order valence-electron chi connectivity index (χ2n) is 3.64. The Bertz CT molecular complexity index is 193. The average molecular weight is 209 g/mol. The van der Waals surface area contributed by atoms with Gasteiger partial charge in [-0.3, -0.25) is 0 Å². The second-order valence-corrected chi connectivity index (χ2v) is 3.64. The van der Waals surface area contributed by atoms with Crippen LogP contribution in [0.25, 0.3) is 0 Å². The summed E-state index contributed by atoms with van der Waals surface area (Å²) < 4.78 is 37.0. The first-order valence-corrected chi connectivity index (χ1v) is 4.76. The first kappa shape index (κ1) is 11.5. The number of piperidine rings is 1. The number of halogens is 3. The predicted octanol–water partition coefficient (Wildman–Crippen LogP) is 1.85. The standard InChI is InChI=1S/C9H14F3NO/c10-9(11,12)8-3-1-4-13(7-8)5-2-6-14/h6,8H,1-5,7H2. The Hall–Kier alpha value is -0.580. The molecule has 1 atom stereocenters. The molecule has 0 saturated carbocycles. The summed E-state index contributed by atoms with van der Waals surface area (Å²) in [6, 6.07) is 0. The lowest BCUT2D eigenvalue weighted by Crippen LogP contribution is -2.42. The topological polar surface area (TPSA) is 20.3 Å². The molecule has 14 heavy (non-hydrogen) atoms. The highest BCUT2D eigenvalue weighted by atomic mass is 19.4. The third-order valence-corrected chi connectivity index (χ3v) is 2.53. The number of nitrogens with zero attached hydrogens (tertiary/aromatic N) is 1. The highest BCUT2D eigenvalue weighted by Crippen LogP contribution is 2.32. The van der Waals surface area contributed by atoms with Gasteiger partial charge in [0.2, 0.25) is 0 Å². The Morgan fingerprint density at radius 3 is 2.71 bits per heavy atom. The fourth-order valence-electron chi connectivity index (χ4n) is 1.76. The van der Waals surface area contributed by atoms with E-state index >= 15 is 0 Å². The molecule has 0 N–H and O–H groups in total. The molecule has 0 bridgehead atoms. The van der Waals surface area contributed by atoms with Crippen molar-refractivity contribution in [3.8, 4) is 0 Å². The Balaban J connectivity index is 2.39. The van der Waals surface area contributed by atoms with Crippen LogP contribution < -0.4 is 0 Å². The zero-order chi connectivity index (χ0) is 10.6. The molecule has 0 radical (unpaired) electrons. The number of carbonyl (C=O) groups is 1. The fourth-order valence-corrected chi connectivity index (χ4v) is 1.76. The van der Waals surface area contributed by atoms with Crippen molar-refractivity contribution in [3.63, 3.8) is 0 Å². The number of likely N-dealkylation sites (tertiary alicyclic amines) is 1. The van der Waals surface area contributed by atoms with E-state index in [0.717, 1.165) is 6.29 Å². The summed E-state index contributed by atoms with van der Waals surface area (Å²) in [6.45, 7) is 1.19. The Morgan fingerprint density at radius 2 is 2.14 bits per heavy atom. The van der Waals surface area contributed by atoms with Crippen molar-refractivity contribution in [2.75, 3.05) is 19.6 Å². The minimum absolute atomic E-state index is 0.0529. The molecular weight excluding hydrogens is 195 g/mol. The summed E-state index contributed by atoms with van der Waals surface area (Å²) in [5.74, 6) is -1.21. The van der Waals surface area contributed by atoms with Gasteiger partial charge in [-0.1, -0.05) is 0 Å². The van der Waals surface area contributed by atoms with Crippen LogP contribution >= 0.6 is 0 Å². The van der Waals surface area contributed by atoms with Crippen LogP contribution in [0.4, 0.5) is 13.2 Å². The van der Waals surface area contributed by atoms with Gasteiger partial charge in [-0.2, -0.15) is 13.2 Å². The molecular formula is C9H14F3NO. The van der Waals surface area contributed by atoms with E-state index in [0.29, 0.717) is 25.9 Å². The number of rotatable bonds is 3. The molecule has 0 aromatic rings. The van der Waals surface area contributed by atoms with Crippen molar-refractivity contribution < 1.29 is 18.0 Å². The predicted molar refractivity (Wildman–Crippen MR) is 45.9 cm³/mol. The molecule has 1 aliphatic heterocycles. The molecule has 1 rings (SSSR count). The summed E-state index contributed by atoms with van der Waals surface area (Å²) in [5.41, 5.74) is 0. The molecule has 1 heterocycles. The highest BCUT2D eigenvalue weighted by molar-refractivity contribution is 5.49. The minimum atomic E-state index is -4.08. The Kier molecular flexibility index (Phi) is 3.92. The van der Waals surface area contributed by atoms with E-state index in [1.165, 1.54) is 0 Å². The van der Waals surface area contributed by atoms with Gasteiger partial charge in [-0.25, -0.2) is 0 Å². The van der Waals surface area contributed by atoms with Crippen LogP contribution in [0.5, 0.6) is 0 Å². The Morgan fingerprint density at radius 1 is 1.43 bits per heavy atom. The second kappa shape index (κ2) is 4.77. The van der Waals surface area contributed by atoms with Crippen molar-refractivity contribution in [1.82, 2.24) is 4.90 Å². The van der Waals surface area contributed by atoms with Gasteiger partial charge in [0.15, 0.2) is 0 Å². The number of carbonyl (C=O) groups excluding carboxylic acids is 1. The van der Waals surface area contributed by atoms with Crippen LogP contribution in [0.3, 0.4) is 0 Å². The average Bonchev–Trinajstić information content (AvgIpc) is 2.14. The molecule has 0 amide bonds. The lowest BCUT2D eigenvalue weighted by atomic mass is 9.97. The van der Waals surface area contributed by atoms with E-state index in [1.54, 1.807) is 4.90 Å². The summed E-state index contributed by atoms with van der Waals surface area (Å²) in [7, 11) is 0. The zero-order valence-corrected chi connectivity index (χ0v) is 7.89. The smallest absolute Gasteiger partial charge is 0.303 e. The zero-order valence-electron chi connectivity index (χ0n) is 7.89.